The first-order valence-corrected chi connectivity index (χ1v) is 23.2. The summed E-state index contributed by atoms with van der Waals surface area (Å²) in [6.45, 7) is 18.9. The lowest BCUT2D eigenvalue weighted by Gasteiger charge is -2.44. The maximum atomic E-state index is 15.4. The number of nitrogens with zero attached hydrogens (tertiary/aromatic N) is 1. The van der Waals surface area contributed by atoms with E-state index < -0.39 is 80.8 Å². The van der Waals surface area contributed by atoms with Crippen LogP contribution in [0.3, 0.4) is 0 Å². The summed E-state index contributed by atoms with van der Waals surface area (Å²) >= 11 is 0. The van der Waals surface area contributed by atoms with Gasteiger partial charge in [-0.25, -0.2) is 4.79 Å². The van der Waals surface area contributed by atoms with E-state index in [2.05, 4.69) is 39.2 Å². The van der Waals surface area contributed by atoms with E-state index in [9.17, 15) is 14.4 Å². The molecule has 4 rings (SSSR count). The highest BCUT2D eigenvalue weighted by atomic mass is 28.3. The Bertz CT molecular complexity index is 2100. The Hall–Kier alpha value is -5.24. The van der Waals surface area contributed by atoms with Gasteiger partial charge < -0.3 is 38.0 Å². The number of fused-ring (bicyclic) bond motifs is 1. The first kappa shape index (κ1) is 47.4. The minimum Gasteiger partial charge on any atom is -0.463 e. The average molecular weight is 843 g/mol. The van der Waals surface area contributed by atoms with Crippen molar-refractivity contribution in [1.29, 1.82) is 0 Å². The molecule has 0 saturated carbocycles. The zero-order valence-corrected chi connectivity index (χ0v) is 38.1. The quantitative estimate of drug-likeness (QED) is 0.0320. The fraction of sp³-hybridized carbons (Fsp3) is 0.447. The summed E-state index contributed by atoms with van der Waals surface area (Å²) in [5.41, 5.74) is -0.141. The van der Waals surface area contributed by atoms with Crippen LogP contribution in [0.2, 0.25) is 13.1 Å². The Morgan fingerprint density at radius 3 is 2.13 bits per heavy atom. The number of nitrogens with one attached hydrogen (secondary N) is 1. The molecule has 3 aromatic carbocycles. The Kier molecular flexibility index (Phi) is 16.9. The van der Waals surface area contributed by atoms with Crippen molar-refractivity contribution in [3.63, 3.8) is 0 Å². The molecule has 13 heteroatoms. The first-order valence-electron chi connectivity index (χ1n) is 20.4. The number of hydrogen-bond donors (Lipinski definition) is 1. The Morgan fingerprint density at radius 1 is 0.850 bits per heavy atom. The number of methoxy groups -OCH3 is 1. The molecule has 3 atom stereocenters. The molecule has 0 aliphatic rings. The average Bonchev–Trinajstić information content (AvgIpc) is 3.66. The van der Waals surface area contributed by atoms with Crippen LogP contribution in [0.25, 0.3) is 10.8 Å². The predicted molar refractivity (Wildman–Crippen MR) is 235 cm³/mol. The molecule has 60 heavy (non-hydrogen) atoms. The number of anilines is 1. The van der Waals surface area contributed by atoms with Crippen molar-refractivity contribution in [2.75, 3.05) is 25.8 Å². The molecule has 1 heterocycles. The van der Waals surface area contributed by atoms with Gasteiger partial charge in [0.2, 0.25) is 0 Å². The summed E-state index contributed by atoms with van der Waals surface area (Å²) < 4.78 is 35.4. The van der Waals surface area contributed by atoms with Gasteiger partial charge in [0.05, 0.1) is 24.7 Å². The summed E-state index contributed by atoms with van der Waals surface area (Å²) in [5.74, 6) is -2.86. The number of benzene rings is 3. The molecule has 2 amide bonds. The molecular weight excluding hydrogens is 781 g/mol. The van der Waals surface area contributed by atoms with Gasteiger partial charge in [-0.1, -0.05) is 75.4 Å². The van der Waals surface area contributed by atoms with Gasteiger partial charge in [-0.05, 0) is 99.8 Å². The normalized spacial score (nSPS) is 13.9. The van der Waals surface area contributed by atoms with Crippen LogP contribution < -0.4 is 5.32 Å². The van der Waals surface area contributed by atoms with Crippen molar-refractivity contribution in [3.8, 4) is 0 Å². The van der Waals surface area contributed by atoms with Crippen molar-refractivity contribution < 1.29 is 47.0 Å². The molecule has 324 valence electrons. The molecule has 12 nitrogen and oxygen atoms in total. The standard InChI is InChI=1S/C47H62N2O10Si/c1-12-55-45(53)38(28-40(50)58-47(6,7)8)41(56-30-54-9)44(52)49(29-32-22-23-33-18-16-17-19-34(33)26-32)31(2)37(42(46(3,4)5)59-60(10)11)27-36-24-25-39(57-36)43(51)48-35-20-14-13-15-21-35/h13-26,31,37,42,60H,12,27-30H2,1-11H3,(H,48,51). The lowest BCUT2D eigenvalue weighted by molar-refractivity contribution is -0.155. The molecule has 3 unspecified atom stereocenters. The summed E-state index contributed by atoms with van der Waals surface area (Å²) in [5, 5.41) is 4.88. The van der Waals surface area contributed by atoms with Crippen LogP contribution in [0.1, 0.15) is 83.7 Å². The number of ether oxygens (including phenoxy) is 4. The van der Waals surface area contributed by atoms with E-state index in [1.807, 2.05) is 67.6 Å². The maximum absolute atomic E-state index is 15.4. The van der Waals surface area contributed by atoms with Gasteiger partial charge in [-0.3, -0.25) is 14.4 Å². The fourth-order valence-corrected chi connectivity index (χ4v) is 8.20. The van der Waals surface area contributed by atoms with Crippen LogP contribution in [0.4, 0.5) is 5.69 Å². The van der Waals surface area contributed by atoms with E-state index in [0.29, 0.717) is 11.4 Å². The second-order valence-corrected chi connectivity index (χ2v) is 19.5. The lowest BCUT2D eigenvalue weighted by Crippen LogP contribution is -2.52. The van der Waals surface area contributed by atoms with Crippen molar-refractivity contribution in [2.24, 2.45) is 11.3 Å². The fourth-order valence-electron chi connectivity index (χ4n) is 7.00. The molecule has 0 spiro atoms. The van der Waals surface area contributed by atoms with Gasteiger partial charge in [0.15, 0.2) is 27.4 Å². The molecule has 1 N–H and O–H groups in total. The van der Waals surface area contributed by atoms with Crippen molar-refractivity contribution in [2.45, 2.75) is 106 Å². The second kappa shape index (κ2) is 21.3. The molecule has 1 aromatic heterocycles. The molecule has 0 radical (unpaired) electrons. The lowest BCUT2D eigenvalue weighted by atomic mass is 9.76. The van der Waals surface area contributed by atoms with Gasteiger partial charge >= 0.3 is 11.9 Å². The number of rotatable bonds is 19. The Labute approximate surface area is 356 Å². The van der Waals surface area contributed by atoms with E-state index >= 15 is 4.79 Å². The topological polar surface area (TPSA) is 143 Å². The van der Waals surface area contributed by atoms with E-state index in [1.54, 1.807) is 56.9 Å². The number of carbonyl (C=O) groups is 4. The Balaban J connectivity index is 1.90. The first-order chi connectivity index (χ1) is 28.3. The van der Waals surface area contributed by atoms with Crippen LogP contribution >= 0.6 is 0 Å². The molecule has 0 aliphatic heterocycles. The summed E-state index contributed by atoms with van der Waals surface area (Å²) in [6, 6.07) is 25.8. The smallest absolute Gasteiger partial charge is 0.338 e. The van der Waals surface area contributed by atoms with Crippen molar-refractivity contribution >= 4 is 49.3 Å². The summed E-state index contributed by atoms with van der Waals surface area (Å²) in [7, 11) is -0.313. The van der Waals surface area contributed by atoms with Crippen LogP contribution in [-0.2, 0) is 50.7 Å². The van der Waals surface area contributed by atoms with Gasteiger partial charge in [-0.15, -0.1) is 0 Å². The third kappa shape index (κ3) is 13.6. The largest absolute Gasteiger partial charge is 0.463 e. The summed E-state index contributed by atoms with van der Waals surface area (Å²) in [6.07, 6.45) is -0.711. The van der Waals surface area contributed by atoms with E-state index in [1.165, 1.54) is 7.11 Å². The van der Waals surface area contributed by atoms with Crippen LogP contribution in [0.5, 0.6) is 0 Å². The highest BCUT2D eigenvalue weighted by Gasteiger charge is 2.42. The van der Waals surface area contributed by atoms with Crippen LogP contribution in [-0.4, -0.2) is 75.9 Å². The van der Waals surface area contributed by atoms with Gasteiger partial charge in [0.1, 0.15) is 11.4 Å². The van der Waals surface area contributed by atoms with Crippen LogP contribution in [0.15, 0.2) is 101 Å². The third-order valence-electron chi connectivity index (χ3n) is 9.61. The van der Waals surface area contributed by atoms with E-state index in [-0.39, 0.29) is 30.9 Å². The minimum absolute atomic E-state index is 0.0140. The zero-order valence-electron chi connectivity index (χ0n) is 37.0. The number of furan rings is 1. The maximum Gasteiger partial charge on any atom is 0.338 e. The van der Waals surface area contributed by atoms with Crippen molar-refractivity contribution in [3.05, 3.63) is 113 Å². The number of para-hydroxylation sites is 1. The molecule has 0 fully saturated rings. The van der Waals surface area contributed by atoms with Gasteiger partial charge in [0.25, 0.3) is 11.8 Å². The third-order valence-corrected chi connectivity index (χ3v) is 10.4. The molecule has 0 aliphatic carbocycles. The second-order valence-electron chi connectivity index (χ2n) is 17.1. The number of hydrogen-bond acceptors (Lipinski definition) is 10. The van der Waals surface area contributed by atoms with Gasteiger partial charge in [0, 0.05) is 37.7 Å². The highest BCUT2D eigenvalue weighted by Crippen LogP contribution is 2.36. The number of carbonyl (C=O) groups excluding carboxylic acids is 4. The Morgan fingerprint density at radius 2 is 1.52 bits per heavy atom. The van der Waals surface area contributed by atoms with Crippen LogP contribution in [0, 0.1) is 11.3 Å². The summed E-state index contributed by atoms with van der Waals surface area (Å²) in [4.78, 5) is 57.4. The molecular formula is C47H62N2O10Si. The monoisotopic (exact) mass is 842 g/mol. The molecule has 0 saturated heterocycles. The molecule has 0 bridgehead atoms. The minimum atomic E-state index is -1.71. The number of amides is 2. The molecule has 4 aromatic rings. The highest BCUT2D eigenvalue weighted by molar-refractivity contribution is 6.48. The predicted octanol–water partition coefficient (Wildman–Crippen LogP) is 8.85. The number of esters is 2. The van der Waals surface area contributed by atoms with E-state index in [0.717, 1.165) is 16.3 Å². The zero-order chi connectivity index (χ0) is 44.2. The van der Waals surface area contributed by atoms with Gasteiger partial charge in [-0.2, -0.15) is 0 Å². The van der Waals surface area contributed by atoms with Crippen molar-refractivity contribution in [1.82, 2.24) is 4.90 Å². The SMILES string of the molecule is CCOC(=O)C(CC(=O)OC(C)(C)C)=C(OCOC)C(=O)N(Cc1ccc2ccccc2c1)C(C)C(Cc1ccc(C(=O)Nc2ccccc2)o1)C(O[SiH](C)C)C(C)(C)C. The van der Waals surface area contributed by atoms with E-state index in [4.69, 9.17) is 27.8 Å².